The van der Waals surface area contributed by atoms with Crippen LogP contribution in [0.3, 0.4) is 0 Å². The van der Waals surface area contributed by atoms with Crippen molar-refractivity contribution in [1.82, 2.24) is 25.0 Å². The van der Waals surface area contributed by atoms with Gasteiger partial charge in [-0.3, -0.25) is 10.1 Å². The van der Waals surface area contributed by atoms with Crippen molar-refractivity contribution >= 4 is 22.4 Å². The lowest BCUT2D eigenvalue weighted by Crippen LogP contribution is -2.11. The quantitative estimate of drug-likeness (QED) is 0.798. The second kappa shape index (κ2) is 5.30. The third-order valence-corrected chi connectivity index (χ3v) is 4.40. The first-order valence-corrected chi connectivity index (χ1v) is 7.71. The first kappa shape index (κ1) is 13.1. The number of benzene rings is 1. The van der Waals surface area contributed by atoms with Gasteiger partial charge in [-0.25, -0.2) is 9.67 Å². The van der Waals surface area contributed by atoms with Crippen LogP contribution in [0.15, 0.2) is 36.9 Å². The molecule has 1 N–H and O–H groups in total. The van der Waals surface area contributed by atoms with Crippen molar-refractivity contribution in [2.75, 3.05) is 5.32 Å². The van der Waals surface area contributed by atoms with E-state index in [0.29, 0.717) is 16.6 Å². The summed E-state index contributed by atoms with van der Waals surface area (Å²) in [6.07, 6.45) is 5.42. The molecular weight excluding hydrogens is 300 g/mol. The number of aromatic nitrogens is 5. The van der Waals surface area contributed by atoms with Crippen LogP contribution >= 0.6 is 11.3 Å². The van der Waals surface area contributed by atoms with Gasteiger partial charge in [0.15, 0.2) is 0 Å². The summed E-state index contributed by atoms with van der Waals surface area (Å²) in [5.41, 5.74) is 1.41. The van der Waals surface area contributed by atoms with Crippen molar-refractivity contribution in [3.05, 3.63) is 47.5 Å². The molecule has 0 unspecified atom stereocenters. The standard InChI is InChI=1S/C14H12N6OS/c21-12(17-14-19-18-13(22-14)10-1-2-10)9-3-5-11(6-4-9)20-8-15-7-16-20/h3-8,10H,1-2H2,(H,17,19,21). The summed E-state index contributed by atoms with van der Waals surface area (Å²) < 4.78 is 1.63. The predicted molar refractivity (Wildman–Crippen MR) is 81.2 cm³/mol. The van der Waals surface area contributed by atoms with Crippen molar-refractivity contribution in [3.63, 3.8) is 0 Å². The summed E-state index contributed by atoms with van der Waals surface area (Å²) in [6, 6.07) is 7.13. The largest absolute Gasteiger partial charge is 0.296 e. The van der Waals surface area contributed by atoms with E-state index in [1.807, 2.05) is 12.1 Å². The SMILES string of the molecule is O=C(Nc1nnc(C2CC2)s1)c1ccc(-n2cncn2)cc1. The fourth-order valence-electron chi connectivity index (χ4n) is 2.06. The number of nitrogens with zero attached hydrogens (tertiary/aromatic N) is 5. The molecule has 1 aliphatic carbocycles. The first-order valence-electron chi connectivity index (χ1n) is 6.89. The zero-order valence-corrected chi connectivity index (χ0v) is 12.3. The number of anilines is 1. The molecule has 22 heavy (non-hydrogen) atoms. The molecule has 0 saturated heterocycles. The third kappa shape index (κ3) is 2.60. The minimum absolute atomic E-state index is 0.191. The van der Waals surface area contributed by atoms with Crippen molar-refractivity contribution in [1.29, 1.82) is 0 Å². The Hall–Kier alpha value is -2.61. The van der Waals surface area contributed by atoms with Gasteiger partial charge in [-0.15, -0.1) is 10.2 Å². The van der Waals surface area contributed by atoms with E-state index in [-0.39, 0.29) is 5.91 Å². The van der Waals surface area contributed by atoms with Gasteiger partial charge in [0.25, 0.3) is 5.91 Å². The fraction of sp³-hybridized carbons (Fsp3) is 0.214. The number of carbonyl (C=O) groups excluding carboxylic acids is 1. The summed E-state index contributed by atoms with van der Waals surface area (Å²) in [5.74, 6) is 0.355. The number of rotatable bonds is 4. The molecule has 1 fully saturated rings. The molecule has 0 bridgehead atoms. The topological polar surface area (TPSA) is 85.6 Å². The van der Waals surface area contributed by atoms with Gasteiger partial charge < -0.3 is 0 Å². The van der Waals surface area contributed by atoms with Crippen LogP contribution in [0.5, 0.6) is 0 Å². The van der Waals surface area contributed by atoms with Gasteiger partial charge in [-0.05, 0) is 37.1 Å². The van der Waals surface area contributed by atoms with Crippen molar-refractivity contribution in [2.24, 2.45) is 0 Å². The van der Waals surface area contributed by atoms with Gasteiger partial charge in [0, 0.05) is 11.5 Å². The maximum atomic E-state index is 12.2. The van der Waals surface area contributed by atoms with E-state index in [2.05, 4.69) is 25.6 Å². The summed E-state index contributed by atoms with van der Waals surface area (Å²) >= 11 is 1.45. The van der Waals surface area contributed by atoms with Gasteiger partial charge in [-0.1, -0.05) is 11.3 Å². The lowest BCUT2D eigenvalue weighted by Gasteiger charge is -2.03. The number of carbonyl (C=O) groups is 1. The van der Waals surface area contributed by atoms with E-state index in [4.69, 9.17) is 0 Å². The second-order valence-electron chi connectivity index (χ2n) is 5.06. The Labute approximate surface area is 130 Å². The Balaban J connectivity index is 1.47. The van der Waals surface area contributed by atoms with Crippen molar-refractivity contribution < 1.29 is 4.79 Å². The van der Waals surface area contributed by atoms with E-state index in [1.165, 1.54) is 30.5 Å². The number of nitrogens with one attached hydrogen (secondary N) is 1. The molecule has 0 atom stereocenters. The van der Waals surface area contributed by atoms with Gasteiger partial charge in [0.1, 0.15) is 17.7 Å². The lowest BCUT2D eigenvalue weighted by molar-refractivity contribution is 0.102. The van der Waals surface area contributed by atoms with Crippen LogP contribution in [0, 0.1) is 0 Å². The first-order chi connectivity index (χ1) is 10.8. The van der Waals surface area contributed by atoms with Crippen LogP contribution in [-0.4, -0.2) is 30.9 Å². The van der Waals surface area contributed by atoms with E-state index in [9.17, 15) is 4.79 Å². The van der Waals surface area contributed by atoms with E-state index < -0.39 is 0 Å². The van der Waals surface area contributed by atoms with Crippen molar-refractivity contribution in [3.8, 4) is 5.69 Å². The normalized spacial score (nSPS) is 14.0. The molecule has 0 radical (unpaired) electrons. The maximum Gasteiger partial charge on any atom is 0.257 e. The highest BCUT2D eigenvalue weighted by Gasteiger charge is 2.27. The van der Waals surface area contributed by atoms with Crippen LogP contribution in [0.25, 0.3) is 5.69 Å². The highest BCUT2D eigenvalue weighted by Crippen LogP contribution is 2.42. The highest BCUT2D eigenvalue weighted by molar-refractivity contribution is 7.15. The summed E-state index contributed by atoms with van der Waals surface area (Å²) in [5, 5.41) is 16.5. The van der Waals surface area contributed by atoms with E-state index in [1.54, 1.807) is 23.1 Å². The molecule has 1 aromatic carbocycles. The number of hydrogen-bond donors (Lipinski definition) is 1. The van der Waals surface area contributed by atoms with Crippen molar-refractivity contribution in [2.45, 2.75) is 18.8 Å². The van der Waals surface area contributed by atoms with Crippen LogP contribution in [0.2, 0.25) is 0 Å². The Morgan fingerprint density at radius 2 is 2.05 bits per heavy atom. The zero-order chi connectivity index (χ0) is 14.9. The van der Waals surface area contributed by atoms with Gasteiger partial charge in [-0.2, -0.15) is 5.10 Å². The van der Waals surface area contributed by atoms with Gasteiger partial charge in [0.2, 0.25) is 5.13 Å². The summed E-state index contributed by atoms with van der Waals surface area (Å²) in [4.78, 5) is 16.1. The zero-order valence-electron chi connectivity index (χ0n) is 11.5. The minimum Gasteiger partial charge on any atom is -0.296 e. The Kier molecular flexibility index (Phi) is 3.15. The van der Waals surface area contributed by atoms with E-state index >= 15 is 0 Å². The van der Waals surface area contributed by atoms with Crippen LogP contribution in [0.4, 0.5) is 5.13 Å². The monoisotopic (exact) mass is 312 g/mol. The lowest BCUT2D eigenvalue weighted by atomic mass is 10.2. The Morgan fingerprint density at radius 1 is 1.23 bits per heavy atom. The highest BCUT2D eigenvalue weighted by atomic mass is 32.1. The molecule has 1 saturated carbocycles. The third-order valence-electron chi connectivity index (χ3n) is 3.40. The Bertz CT molecular complexity index is 791. The number of hydrogen-bond acceptors (Lipinski definition) is 6. The predicted octanol–water partition coefficient (Wildman–Crippen LogP) is 2.25. The molecule has 2 aromatic heterocycles. The molecule has 2 heterocycles. The molecule has 0 aliphatic heterocycles. The molecule has 4 rings (SSSR count). The molecule has 8 heteroatoms. The maximum absolute atomic E-state index is 12.2. The minimum atomic E-state index is -0.191. The molecule has 0 spiro atoms. The van der Waals surface area contributed by atoms with Crippen LogP contribution < -0.4 is 5.32 Å². The fourth-order valence-corrected chi connectivity index (χ4v) is 2.96. The summed E-state index contributed by atoms with van der Waals surface area (Å²) in [7, 11) is 0. The molecule has 1 aliphatic rings. The average Bonchev–Trinajstić information content (AvgIpc) is 3.06. The number of amides is 1. The van der Waals surface area contributed by atoms with Gasteiger partial charge in [0.05, 0.1) is 5.69 Å². The molecular formula is C14H12N6OS. The molecule has 1 amide bonds. The van der Waals surface area contributed by atoms with E-state index in [0.717, 1.165) is 10.7 Å². The van der Waals surface area contributed by atoms with Crippen LogP contribution in [0.1, 0.15) is 34.1 Å². The smallest absolute Gasteiger partial charge is 0.257 e. The van der Waals surface area contributed by atoms with Crippen LogP contribution in [-0.2, 0) is 0 Å². The van der Waals surface area contributed by atoms with Gasteiger partial charge >= 0.3 is 0 Å². The molecule has 110 valence electrons. The molecule has 7 nitrogen and oxygen atoms in total. The second-order valence-corrected chi connectivity index (χ2v) is 6.07. The summed E-state index contributed by atoms with van der Waals surface area (Å²) in [6.45, 7) is 0. The molecule has 3 aromatic rings. The Morgan fingerprint density at radius 3 is 2.73 bits per heavy atom. The average molecular weight is 312 g/mol.